The summed E-state index contributed by atoms with van der Waals surface area (Å²) in [5.41, 5.74) is 2.90. The highest BCUT2D eigenvalue weighted by Gasteiger charge is 2.18. The van der Waals surface area contributed by atoms with Gasteiger partial charge in [0, 0.05) is 25.1 Å². The first-order valence-corrected chi connectivity index (χ1v) is 11.1. The fraction of sp³-hybridized carbons (Fsp3) is 0.708. The van der Waals surface area contributed by atoms with Gasteiger partial charge in [0.05, 0.1) is 0 Å². The molecule has 0 aliphatic carbocycles. The van der Waals surface area contributed by atoms with Crippen LogP contribution in [0.25, 0.3) is 0 Å². The molecule has 0 radical (unpaired) electrons. The van der Waals surface area contributed by atoms with Gasteiger partial charge in [-0.1, -0.05) is 52.9 Å². The zero-order valence-corrected chi connectivity index (χ0v) is 19.3. The van der Waals surface area contributed by atoms with Gasteiger partial charge in [-0.2, -0.15) is 0 Å². The number of hydrogen-bond acceptors (Lipinski definition) is 5. The Bertz CT molecular complexity index is 628. The lowest BCUT2D eigenvalue weighted by Crippen LogP contribution is -2.35. The predicted octanol–water partition coefficient (Wildman–Crippen LogP) is 4.87. The first kappa shape index (κ1) is 25.4. The molecule has 0 spiro atoms. The van der Waals surface area contributed by atoms with Gasteiger partial charge >= 0.3 is 5.97 Å². The number of carbonyl (C=O) groups is 1. The van der Waals surface area contributed by atoms with Gasteiger partial charge in [-0.05, 0) is 43.9 Å². The van der Waals surface area contributed by atoms with Crippen LogP contribution in [0.5, 0.6) is 11.5 Å². The van der Waals surface area contributed by atoms with E-state index < -0.39 is 6.10 Å². The van der Waals surface area contributed by atoms with Crippen LogP contribution in [0, 0.1) is 13.8 Å². The Labute approximate surface area is 177 Å². The molecule has 0 aliphatic heterocycles. The molecule has 1 rings (SSSR count). The molecule has 0 heterocycles. The third kappa shape index (κ3) is 9.64. The van der Waals surface area contributed by atoms with E-state index >= 15 is 0 Å². The maximum atomic E-state index is 11.5. The first-order chi connectivity index (χ1) is 13.8. The minimum absolute atomic E-state index is 0.231. The quantitative estimate of drug-likeness (QED) is 0.262. The van der Waals surface area contributed by atoms with Crippen molar-refractivity contribution in [2.24, 2.45) is 0 Å². The van der Waals surface area contributed by atoms with Gasteiger partial charge in [-0.15, -0.1) is 0 Å². The summed E-state index contributed by atoms with van der Waals surface area (Å²) in [6, 6.07) is 2.25. The highest BCUT2D eigenvalue weighted by Crippen LogP contribution is 2.35. The molecular weight excluding hydrogens is 366 g/mol. The van der Waals surface area contributed by atoms with E-state index in [9.17, 15) is 9.90 Å². The van der Waals surface area contributed by atoms with Crippen LogP contribution in [-0.2, 0) is 11.2 Å². The fourth-order valence-electron chi connectivity index (χ4n) is 3.41. The van der Waals surface area contributed by atoms with Gasteiger partial charge in [-0.25, -0.2) is 0 Å². The number of ether oxygens (including phenoxy) is 2. The van der Waals surface area contributed by atoms with Crippen molar-refractivity contribution in [3.63, 3.8) is 0 Å². The Balaban J connectivity index is 2.89. The van der Waals surface area contributed by atoms with Gasteiger partial charge in [0.2, 0.25) is 0 Å². The molecule has 0 aromatic heterocycles. The van der Waals surface area contributed by atoms with E-state index in [0.29, 0.717) is 18.3 Å². The first-order valence-electron chi connectivity index (χ1n) is 11.1. The second kappa shape index (κ2) is 13.6. The molecule has 1 atom stereocenters. The maximum absolute atomic E-state index is 11.5. The number of unbranched alkanes of at least 4 members (excludes halogenated alkanes) is 5. The molecule has 0 saturated carbocycles. The van der Waals surface area contributed by atoms with Crippen LogP contribution in [-0.4, -0.2) is 36.4 Å². The van der Waals surface area contributed by atoms with Crippen molar-refractivity contribution in [2.45, 2.75) is 98.6 Å². The van der Waals surface area contributed by atoms with Gasteiger partial charge in [0.15, 0.2) is 0 Å². The zero-order valence-electron chi connectivity index (χ0n) is 19.3. The molecular formula is C24H41NO4. The van der Waals surface area contributed by atoms with Gasteiger partial charge in [-0.3, -0.25) is 4.79 Å². The number of aliphatic hydroxyl groups is 1. The van der Waals surface area contributed by atoms with E-state index in [2.05, 4.69) is 12.2 Å². The Morgan fingerprint density at radius 3 is 2.41 bits per heavy atom. The third-order valence-electron chi connectivity index (χ3n) is 5.02. The summed E-state index contributed by atoms with van der Waals surface area (Å²) < 4.78 is 11.5. The summed E-state index contributed by atoms with van der Waals surface area (Å²) in [6.07, 6.45) is 7.60. The van der Waals surface area contributed by atoms with Crippen molar-refractivity contribution in [2.75, 3.05) is 13.2 Å². The Morgan fingerprint density at radius 2 is 1.79 bits per heavy atom. The lowest BCUT2D eigenvalue weighted by molar-refractivity contribution is -0.131. The molecule has 0 aliphatic rings. The average molecular weight is 408 g/mol. The van der Waals surface area contributed by atoms with Gasteiger partial charge < -0.3 is 19.9 Å². The minimum atomic E-state index is -0.576. The number of carbonyl (C=O) groups excluding carboxylic acids is 1. The number of nitrogens with one attached hydrogen (secondary N) is 1. The normalized spacial score (nSPS) is 12.3. The summed E-state index contributed by atoms with van der Waals surface area (Å²) >= 11 is 0. The van der Waals surface area contributed by atoms with Crippen molar-refractivity contribution in [1.82, 2.24) is 5.32 Å². The van der Waals surface area contributed by atoms with Crippen LogP contribution in [0.2, 0.25) is 0 Å². The van der Waals surface area contributed by atoms with Crippen molar-refractivity contribution < 1.29 is 19.4 Å². The molecule has 0 bridgehead atoms. The standard InChI is InChI=1S/C24H41NO4/c1-7-8-9-10-11-12-13-22-19(5)24(29-20(6)26)18(4)14-23(22)28-16-21(27)15-25-17(2)3/h14,17,21,25,27H,7-13,15-16H2,1-6H3/t21-/m0/s1. The minimum Gasteiger partial charge on any atom is -0.491 e. The summed E-state index contributed by atoms with van der Waals surface area (Å²) in [4.78, 5) is 11.5. The zero-order chi connectivity index (χ0) is 21.8. The summed E-state index contributed by atoms with van der Waals surface area (Å²) in [5.74, 6) is 1.10. The summed E-state index contributed by atoms with van der Waals surface area (Å²) in [7, 11) is 0. The molecule has 166 valence electrons. The van der Waals surface area contributed by atoms with E-state index in [0.717, 1.165) is 35.3 Å². The van der Waals surface area contributed by atoms with Gasteiger partial charge in [0.25, 0.3) is 0 Å². The summed E-state index contributed by atoms with van der Waals surface area (Å²) in [5, 5.41) is 13.4. The second-order valence-electron chi connectivity index (χ2n) is 8.26. The molecule has 0 unspecified atom stereocenters. The smallest absolute Gasteiger partial charge is 0.308 e. The Hall–Kier alpha value is -1.59. The molecule has 0 saturated heterocycles. The molecule has 1 aromatic carbocycles. The molecule has 5 nitrogen and oxygen atoms in total. The van der Waals surface area contributed by atoms with Crippen molar-refractivity contribution in [3.8, 4) is 11.5 Å². The largest absolute Gasteiger partial charge is 0.491 e. The molecule has 5 heteroatoms. The molecule has 0 fully saturated rings. The SMILES string of the molecule is CCCCCCCCc1c(OC[C@@H](O)CNC(C)C)cc(C)c(OC(C)=O)c1C. The van der Waals surface area contributed by atoms with Crippen molar-refractivity contribution in [3.05, 3.63) is 22.8 Å². The average Bonchev–Trinajstić information content (AvgIpc) is 2.65. The highest BCUT2D eigenvalue weighted by molar-refractivity contribution is 5.71. The number of aryl methyl sites for hydroxylation is 1. The van der Waals surface area contributed by atoms with Crippen LogP contribution in [0.3, 0.4) is 0 Å². The van der Waals surface area contributed by atoms with Crippen LogP contribution < -0.4 is 14.8 Å². The number of rotatable bonds is 14. The second-order valence-corrected chi connectivity index (χ2v) is 8.26. The molecule has 0 amide bonds. The van der Waals surface area contributed by atoms with Crippen LogP contribution in [0.15, 0.2) is 6.07 Å². The van der Waals surface area contributed by atoms with E-state index in [1.54, 1.807) is 0 Å². The lowest BCUT2D eigenvalue weighted by Gasteiger charge is -2.21. The summed E-state index contributed by atoms with van der Waals surface area (Å²) in [6.45, 7) is 12.4. The lowest BCUT2D eigenvalue weighted by atomic mass is 9.97. The monoisotopic (exact) mass is 407 g/mol. The highest BCUT2D eigenvalue weighted by atomic mass is 16.5. The molecule has 29 heavy (non-hydrogen) atoms. The molecule has 2 N–H and O–H groups in total. The van der Waals surface area contributed by atoms with E-state index in [1.165, 1.54) is 39.0 Å². The van der Waals surface area contributed by atoms with E-state index in [-0.39, 0.29) is 12.6 Å². The van der Waals surface area contributed by atoms with E-state index in [4.69, 9.17) is 9.47 Å². The van der Waals surface area contributed by atoms with Crippen molar-refractivity contribution in [1.29, 1.82) is 0 Å². The third-order valence-corrected chi connectivity index (χ3v) is 5.02. The number of aliphatic hydroxyl groups excluding tert-OH is 1. The number of hydrogen-bond donors (Lipinski definition) is 2. The van der Waals surface area contributed by atoms with Crippen LogP contribution >= 0.6 is 0 Å². The van der Waals surface area contributed by atoms with Crippen LogP contribution in [0.1, 0.15) is 82.9 Å². The van der Waals surface area contributed by atoms with Gasteiger partial charge in [0.1, 0.15) is 24.2 Å². The van der Waals surface area contributed by atoms with Crippen LogP contribution in [0.4, 0.5) is 0 Å². The number of esters is 1. The topological polar surface area (TPSA) is 67.8 Å². The Morgan fingerprint density at radius 1 is 1.14 bits per heavy atom. The fourth-order valence-corrected chi connectivity index (χ4v) is 3.41. The van der Waals surface area contributed by atoms with Crippen molar-refractivity contribution >= 4 is 5.97 Å². The predicted molar refractivity (Wildman–Crippen MR) is 119 cm³/mol. The number of benzene rings is 1. The Kier molecular flexibility index (Phi) is 11.9. The van der Waals surface area contributed by atoms with E-state index in [1.807, 2.05) is 33.8 Å². The maximum Gasteiger partial charge on any atom is 0.308 e. The molecule has 1 aromatic rings.